The first kappa shape index (κ1) is 10.0. The Bertz CT molecular complexity index is 362. The summed E-state index contributed by atoms with van der Waals surface area (Å²) >= 11 is 0. The number of pyridine rings is 1. The molecule has 0 amide bonds. The molecule has 0 bridgehead atoms. The van der Waals surface area contributed by atoms with E-state index in [0.29, 0.717) is 17.7 Å². The molecule has 1 saturated heterocycles. The molecule has 1 aromatic rings. The first-order valence-corrected chi connectivity index (χ1v) is 4.65. The Morgan fingerprint density at radius 3 is 2.67 bits per heavy atom. The normalized spacial score (nSPS) is 25.6. The van der Waals surface area contributed by atoms with Gasteiger partial charge in [-0.1, -0.05) is 0 Å². The van der Waals surface area contributed by atoms with Crippen LogP contribution in [-0.4, -0.2) is 36.7 Å². The second-order valence-electron chi connectivity index (χ2n) is 3.47. The molecule has 2 atom stereocenters. The number of hydrogen-bond donors (Lipinski definition) is 0. The third kappa shape index (κ3) is 1.82. The maximum absolute atomic E-state index is 13.0. The zero-order valence-corrected chi connectivity index (χ0v) is 7.94. The molecule has 0 saturated carbocycles. The van der Waals surface area contributed by atoms with E-state index in [2.05, 4.69) is 4.98 Å². The minimum atomic E-state index is -1.49. The van der Waals surface area contributed by atoms with Gasteiger partial charge in [0.25, 0.3) is 0 Å². The lowest BCUT2D eigenvalue weighted by Gasteiger charge is -2.17. The van der Waals surface area contributed by atoms with Crippen LogP contribution in [0.15, 0.2) is 18.3 Å². The van der Waals surface area contributed by atoms with Crippen LogP contribution in [-0.2, 0) is 0 Å². The van der Waals surface area contributed by atoms with Crippen molar-refractivity contribution in [2.24, 2.45) is 0 Å². The van der Waals surface area contributed by atoms with Crippen LogP contribution in [0.4, 0.5) is 14.6 Å². The number of carbonyl (C=O) groups excluding carboxylic acids is 1. The highest BCUT2D eigenvalue weighted by Gasteiger charge is 2.34. The van der Waals surface area contributed by atoms with Crippen LogP contribution in [0.25, 0.3) is 0 Å². The van der Waals surface area contributed by atoms with Crippen LogP contribution in [0.2, 0.25) is 0 Å². The van der Waals surface area contributed by atoms with Crippen molar-refractivity contribution in [2.45, 2.75) is 12.3 Å². The molecule has 2 rings (SSSR count). The number of aldehydes is 1. The van der Waals surface area contributed by atoms with Gasteiger partial charge in [-0.05, 0) is 12.1 Å². The summed E-state index contributed by atoms with van der Waals surface area (Å²) in [4.78, 5) is 16.1. The van der Waals surface area contributed by atoms with E-state index in [1.165, 1.54) is 11.1 Å². The van der Waals surface area contributed by atoms with E-state index in [4.69, 9.17) is 0 Å². The van der Waals surface area contributed by atoms with Gasteiger partial charge in [0.05, 0.1) is 18.7 Å². The first-order valence-electron chi connectivity index (χ1n) is 4.65. The molecule has 0 N–H and O–H groups in total. The fraction of sp³-hybridized carbons (Fsp3) is 0.400. The van der Waals surface area contributed by atoms with Crippen LogP contribution in [0.1, 0.15) is 10.4 Å². The number of nitrogens with zero attached hydrogens (tertiary/aromatic N) is 2. The predicted octanol–water partition coefficient (Wildman–Crippen LogP) is 1.39. The van der Waals surface area contributed by atoms with E-state index >= 15 is 0 Å². The summed E-state index contributed by atoms with van der Waals surface area (Å²) in [5, 5.41) is 0. The molecule has 0 spiro atoms. The summed E-state index contributed by atoms with van der Waals surface area (Å²) in [7, 11) is 0. The van der Waals surface area contributed by atoms with Gasteiger partial charge in [-0.3, -0.25) is 4.79 Å². The highest BCUT2D eigenvalue weighted by atomic mass is 19.2. The first-order chi connectivity index (χ1) is 7.22. The van der Waals surface area contributed by atoms with Crippen LogP contribution in [0, 0.1) is 0 Å². The zero-order chi connectivity index (χ0) is 10.8. The minimum absolute atomic E-state index is 0.0426. The highest BCUT2D eigenvalue weighted by Crippen LogP contribution is 2.24. The summed E-state index contributed by atoms with van der Waals surface area (Å²) in [5.41, 5.74) is 0.360. The van der Waals surface area contributed by atoms with Crippen molar-refractivity contribution in [3.63, 3.8) is 0 Å². The Morgan fingerprint density at radius 1 is 1.40 bits per heavy atom. The quantitative estimate of drug-likeness (QED) is 0.694. The molecule has 0 unspecified atom stereocenters. The molecule has 3 nitrogen and oxygen atoms in total. The van der Waals surface area contributed by atoms with Crippen molar-refractivity contribution in [2.75, 3.05) is 18.0 Å². The average molecular weight is 212 g/mol. The Labute approximate surface area is 85.7 Å². The van der Waals surface area contributed by atoms with Gasteiger partial charge in [0.15, 0.2) is 18.6 Å². The Morgan fingerprint density at radius 2 is 2.07 bits per heavy atom. The molecule has 1 aliphatic rings. The molecule has 0 radical (unpaired) electrons. The van der Waals surface area contributed by atoms with Gasteiger partial charge < -0.3 is 4.90 Å². The van der Waals surface area contributed by atoms with E-state index < -0.39 is 12.3 Å². The zero-order valence-electron chi connectivity index (χ0n) is 7.94. The van der Waals surface area contributed by atoms with E-state index in [0.717, 1.165) is 0 Å². The lowest BCUT2D eigenvalue weighted by atomic mass is 10.2. The van der Waals surface area contributed by atoms with Crippen molar-refractivity contribution in [1.29, 1.82) is 0 Å². The maximum atomic E-state index is 13.0. The largest absolute Gasteiger partial charge is 0.350 e. The highest BCUT2D eigenvalue weighted by molar-refractivity contribution is 5.82. The minimum Gasteiger partial charge on any atom is -0.350 e. The van der Waals surface area contributed by atoms with Crippen LogP contribution >= 0.6 is 0 Å². The number of rotatable bonds is 2. The molecule has 1 aromatic heterocycles. The van der Waals surface area contributed by atoms with Crippen molar-refractivity contribution < 1.29 is 13.6 Å². The van der Waals surface area contributed by atoms with Gasteiger partial charge in [0, 0.05) is 6.20 Å². The average Bonchev–Trinajstić information content (AvgIpc) is 2.59. The van der Waals surface area contributed by atoms with Crippen LogP contribution < -0.4 is 4.90 Å². The standard InChI is InChI=1S/C10H10F2N2O/c11-8-4-14(5-9(8)12)10-7(6-15)2-1-3-13-10/h1-3,6,8-9H,4-5H2/t8-,9+. The third-order valence-corrected chi connectivity index (χ3v) is 2.43. The summed E-state index contributed by atoms with van der Waals surface area (Å²) in [6.45, 7) is -0.0853. The number of anilines is 1. The lowest BCUT2D eigenvalue weighted by molar-refractivity contribution is 0.112. The van der Waals surface area contributed by atoms with Crippen molar-refractivity contribution >= 4 is 12.1 Å². The predicted molar refractivity (Wildman–Crippen MR) is 51.6 cm³/mol. The molecule has 5 heteroatoms. The van der Waals surface area contributed by atoms with Crippen molar-refractivity contribution in [1.82, 2.24) is 4.98 Å². The summed E-state index contributed by atoms with van der Waals surface area (Å²) < 4.78 is 25.9. The number of alkyl halides is 2. The molecule has 2 heterocycles. The fourth-order valence-corrected chi connectivity index (χ4v) is 1.66. The molecule has 0 aliphatic carbocycles. The second-order valence-corrected chi connectivity index (χ2v) is 3.47. The molecule has 0 aromatic carbocycles. The van der Waals surface area contributed by atoms with E-state index in [9.17, 15) is 13.6 Å². The summed E-state index contributed by atoms with van der Waals surface area (Å²) in [5.74, 6) is 0.357. The van der Waals surface area contributed by atoms with Crippen LogP contribution in [0.5, 0.6) is 0 Å². The molecule has 15 heavy (non-hydrogen) atoms. The van der Waals surface area contributed by atoms with Crippen molar-refractivity contribution in [3.8, 4) is 0 Å². The van der Waals surface area contributed by atoms with E-state index in [1.807, 2.05) is 0 Å². The van der Waals surface area contributed by atoms with Crippen LogP contribution in [0.3, 0.4) is 0 Å². The SMILES string of the molecule is O=Cc1cccnc1N1C[C@@H](F)[C@@H](F)C1. The van der Waals surface area contributed by atoms with Gasteiger partial charge in [0.2, 0.25) is 0 Å². The molecular weight excluding hydrogens is 202 g/mol. The van der Waals surface area contributed by atoms with Gasteiger partial charge >= 0.3 is 0 Å². The van der Waals surface area contributed by atoms with Gasteiger partial charge in [-0.25, -0.2) is 13.8 Å². The summed E-state index contributed by atoms with van der Waals surface area (Å²) in [6.07, 6.45) is -0.847. The van der Waals surface area contributed by atoms with Gasteiger partial charge in [-0.2, -0.15) is 0 Å². The fourth-order valence-electron chi connectivity index (χ4n) is 1.66. The third-order valence-electron chi connectivity index (χ3n) is 2.43. The topological polar surface area (TPSA) is 33.2 Å². The van der Waals surface area contributed by atoms with E-state index in [1.54, 1.807) is 12.1 Å². The Hall–Kier alpha value is -1.52. The number of aromatic nitrogens is 1. The molecule has 80 valence electrons. The number of halogens is 2. The second kappa shape index (κ2) is 3.92. The number of carbonyl (C=O) groups is 1. The molecule has 1 fully saturated rings. The van der Waals surface area contributed by atoms with Crippen molar-refractivity contribution in [3.05, 3.63) is 23.9 Å². The maximum Gasteiger partial charge on any atom is 0.153 e. The smallest absolute Gasteiger partial charge is 0.153 e. The monoisotopic (exact) mass is 212 g/mol. The molecule has 1 aliphatic heterocycles. The molecular formula is C10H10F2N2O. The number of hydrogen-bond acceptors (Lipinski definition) is 3. The Balaban J connectivity index is 2.27. The van der Waals surface area contributed by atoms with E-state index in [-0.39, 0.29) is 13.1 Å². The Kier molecular flexibility index (Phi) is 2.62. The lowest BCUT2D eigenvalue weighted by Crippen LogP contribution is -2.22. The summed E-state index contributed by atoms with van der Waals surface area (Å²) in [6, 6.07) is 3.19. The van der Waals surface area contributed by atoms with Gasteiger partial charge in [-0.15, -0.1) is 0 Å². The van der Waals surface area contributed by atoms with Gasteiger partial charge in [0.1, 0.15) is 5.82 Å².